The van der Waals surface area contributed by atoms with Crippen LogP contribution in [0.1, 0.15) is 6.92 Å². The SMILES string of the molecule is CC(C(=O)Nc1ccc(F)c(F)c1)N1CCN(S(=O)(=O)c2cccc3nsnc23)CC1. The van der Waals surface area contributed by atoms with E-state index in [1.54, 1.807) is 19.1 Å². The third-order valence-electron chi connectivity index (χ3n) is 5.25. The van der Waals surface area contributed by atoms with Gasteiger partial charge in [-0.3, -0.25) is 9.69 Å². The second-order valence-electron chi connectivity index (χ2n) is 7.12. The van der Waals surface area contributed by atoms with Crippen LogP contribution in [0.3, 0.4) is 0 Å². The number of carbonyl (C=O) groups is 1. The van der Waals surface area contributed by atoms with Crippen molar-refractivity contribution >= 4 is 44.4 Å². The Labute approximate surface area is 181 Å². The van der Waals surface area contributed by atoms with Crippen LogP contribution in [0, 0.1) is 11.6 Å². The molecular weight excluding hydrogens is 448 g/mol. The number of aromatic nitrogens is 2. The van der Waals surface area contributed by atoms with Crippen molar-refractivity contribution in [3.05, 3.63) is 48.0 Å². The van der Waals surface area contributed by atoms with Gasteiger partial charge in [0.15, 0.2) is 11.6 Å². The molecule has 8 nitrogen and oxygen atoms in total. The lowest BCUT2D eigenvalue weighted by molar-refractivity contribution is -0.121. The summed E-state index contributed by atoms with van der Waals surface area (Å²) in [4.78, 5) is 14.5. The fraction of sp³-hybridized carbons (Fsp3) is 0.316. The first-order valence-electron chi connectivity index (χ1n) is 9.49. The predicted molar refractivity (Wildman–Crippen MR) is 112 cm³/mol. The van der Waals surface area contributed by atoms with Crippen LogP contribution in [0.4, 0.5) is 14.5 Å². The number of nitrogens with zero attached hydrogens (tertiary/aromatic N) is 4. The molecule has 0 aliphatic carbocycles. The molecule has 4 rings (SSSR count). The van der Waals surface area contributed by atoms with E-state index in [9.17, 15) is 22.0 Å². The predicted octanol–water partition coefficient (Wildman–Crippen LogP) is 2.30. The Bertz CT molecular complexity index is 1230. The van der Waals surface area contributed by atoms with Crippen molar-refractivity contribution in [3.63, 3.8) is 0 Å². The summed E-state index contributed by atoms with van der Waals surface area (Å²) in [6, 6.07) is 7.42. The zero-order valence-electron chi connectivity index (χ0n) is 16.5. The molecule has 31 heavy (non-hydrogen) atoms. The number of fused-ring (bicyclic) bond motifs is 1. The maximum Gasteiger partial charge on any atom is 0.245 e. The van der Waals surface area contributed by atoms with Crippen molar-refractivity contribution in [1.82, 2.24) is 18.0 Å². The number of hydrogen-bond donors (Lipinski definition) is 1. The summed E-state index contributed by atoms with van der Waals surface area (Å²) < 4.78 is 62.2. The Morgan fingerprint density at radius 3 is 2.55 bits per heavy atom. The normalized spacial score (nSPS) is 17.0. The van der Waals surface area contributed by atoms with Crippen LogP contribution in [0.15, 0.2) is 41.3 Å². The van der Waals surface area contributed by atoms with Gasteiger partial charge in [0, 0.05) is 37.9 Å². The van der Waals surface area contributed by atoms with E-state index in [1.807, 2.05) is 4.90 Å². The quantitative estimate of drug-likeness (QED) is 0.619. The van der Waals surface area contributed by atoms with Crippen LogP contribution in [0.5, 0.6) is 0 Å². The highest BCUT2D eigenvalue weighted by atomic mass is 32.2. The molecule has 0 saturated carbocycles. The molecule has 1 aliphatic heterocycles. The molecule has 2 aromatic carbocycles. The first-order chi connectivity index (χ1) is 14.8. The summed E-state index contributed by atoms with van der Waals surface area (Å²) in [6.45, 7) is 2.78. The van der Waals surface area contributed by atoms with Gasteiger partial charge in [0.05, 0.1) is 17.8 Å². The van der Waals surface area contributed by atoms with E-state index in [0.29, 0.717) is 24.1 Å². The Hall–Kier alpha value is -2.54. The molecule has 1 fully saturated rings. The highest BCUT2D eigenvalue weighted by molar-refractivity contribution is 7.89. The molecule has 1 atom stereocenters. The Morgan fingerprint density at radius 1 is 1.10 bits per heavy atom. The number of piperazine rings is 1. The summed E-state index contributed by atoms with van der Waals surface area (Å²) in [5, 5.41) is 2.56. The number of halogens is 2. The number of nitrogens with one attached hydrogen (secondary N) is 1. The van der Waals surface area contributed by atoms with Gasteiger partial charge in [0.2, 0.25) is 15.9 Å². The lowest BCUT2D eigenvalue weighted by Gasteiger charge is -2.36. The molecule has 0 spiro atoms. The summed E-state index contributed by atoms with van der Waals surface area (Å²) >= 11 is 0.960. The fourth-order valence-electron chi connectivity index (χ4n) is 3.45. The van der Waals surface area contributed by atoms with Gasteiger partial charge in [0.25, 0.3) is 0 Å². The van der Waals surface area contributed by atoms with Crippen LogP contribution in [0.2, 0.25) is 0 Å². The zero-order chi connectivity index (χ0) is 22.2. The molecule has 12 heteroatoms. The maximum atomic E-state index is 13.4. The topological polar surface area (TPSA) is 95.5 Å². The summed E-state index contributed by atoms with van der Waals surface area (Å²) in [5.41, 5.74) is 1.04. The molecule has 1 unspecified atom stereocenters. The third-order valence-corrected chi connectivity index (χ3v) is 7.73. The number of rotatable bonds is 5. The largest absolute Gasteiger partial charge is 0.325 e. The van der Waals surface area contributed by atoms with Gasteiger partial charge in [-0.1, -0.05) is 6.07 Å². The van der Waals surface area contributed by atoms with Crippen LogP contribution in [-0.4, -0.2) is 64.5 Å². The first kappa shape index (κ1) is 21.7. The van der Waals surface area contributed by atoms with E-state index in [2.05, 4.69) is 14.1 Å². The van der Waals surface area contributed by atoms with Gasteiger partial charge in [-0.2, -0.15) is 13.1 Å². The van der Waals surface area contributed by atoms with Crippen molar-refractivity contribution in [1.29, 1.82) is 0 Å². The fourth-order valence-corrected chi connectivity index (χ4v) is 5.62. The van der Waals surface area contributed by atoms with Crippen LogP contribution in [0.25, 0.3) is 11.0 Å². The Kier molecular flexibility index (Phi) is 5.97. The molecule has 0 radical (unpaired) electrons. The van der Waals surface area contributed by atoms with Gasteiger partial charge in [-0.25, -0.2) is 17.2 Å². The molecule has 0 bridgehead atoms. The highest BCUT2D eigenvalue weighted by Crippen LogP contribution is 2.25. The van der Waals surface area contributed by atoms with Gasteiger partial charge in [-0.15, -0.1) is 0 Å². The van der Waals surface area contributed by atoms with Crippen LogP contribution in [-0.2, 0) is 14.8 Å². The van der Waals surface area contributed by atoms with E-state index < -0.39 is 27.7 Å². The molecule has 1 aromatic heterocycles. The van der Waals surface area contributed by atoms with Crippen molar-refractivity contribution in [2.45, 2.75) is 17.9 Å². The maximum absolute atomic E-state index is 13.4. The monoisotopic (exact) mass is 467 g/mol. The molecule has 1 saturated heterocycles. The van der Waals surface area contributed by atoms with Crippen molar-refractivity contribution < 1.29 is 22.0 Å². The summed E-state index contributed by atoms with van der Waals surface area (Å²) in [5.74, 6) is -2.43. The third kappa shape index (κ3) is 4.28. The summed E-state index contributed by atoms with van der Waals surface area (Å²) in [7, 11) is -3.75. The van der Waals surface area contributed by atoms with Gasteiger partial charge < -0.3 is 5.32 Å². The molecule has 2 heterocycles. The molecule has 3 aromatic rings. The minimum absolute atomic E-state index is 0.122. The summed E-state index contributed by atoms with van der Waals surface area (Å²) in [6.07, 6.45) is 0. The molecule has 1 aliphatic rings. The van der Waals surface area contributed by atoms with E-state index >= 15 is 0 Å². The van der Waals surface area contributed by atoms with Crippen molar-refractivity contribution in [2.75, 3.05) is 31.5 Å². The standard InChI is InChI=1S/C19H19F2N5O3S2/c1-12(19(27)22-13-5-6-14(20)15(21)11-13)25-7-9-26(10-8-25)31(28,29)17-4-2-3-16-18(17)24-30-23-16/h2-6,11-12H,7-10H2,1H3,(H,22,27). The minimum atomic E-state index is -3.75. The minimum Gasteiger partial charge on any atom is -0.325 e. The smallest absolute Gasteiger partial charge is 0.245 e. The van der Waals surface area contributed by atoms with Crippen LogP contribution >= 0.6 is 11.7 Å². The number of anilines is 1. The second-order valence-corrected chi connectivity index (χ2v) is 9.56. The Morgan fingerprint density at radius 2 is 1.84 bits per heavy atom. The van der Waals surface area contributed by atoms with Gasteiger partial charge in [0.1, 0.15) is 15.9 Å². The molecular formula is C19H19F2N5O3S2. The average Bonchev–Trinajstić information content (AvgIpc) is 3.24. The Balaban J connectivity index is 1.41. The van der Waals surface area contributed by atoms with Crippen molar-refractivity contribution in [3.8, 4) is 0 Å². The van der Waals surface area contributed by atoms with Gasteiger partial charge >= 0.3 is 0 Å². The number of carbonyl (C=O) groups excluding carboxylic acids is 1. The number of sulfonamides is 1. The van der Waals surface area contributed by atoms with Crippen molar-refractivity contribution in [2.24, 2.45) is 0 Å². The lowest BCUT2D eigenvalue weighted by Crippen LogP contribution is -2.53. The second kappa shape index (κ2) is 8.54. The zero-order valence-corrected chi connectivity index (χ0v) is 18.1. The average molecular weight is 468 g/mol. The van der Waals surface area contributed by atoms with Crippen LogP contribution < -0.4 is 5.32 Å². The molecule has 1 amide bonds. The number of amides is 1. The van der Waals surface area contributed by atoms with Gasteiger partial charge in [-0.05, 0) is 31.2 Å². The number of hydrogen-bond acceptors (Lipinski definition) is 7. The molecule has 1 N–H and O–H groups in total. The molecule has 164 valence electrons. The number of benzene rings is 2. The van der Waals surface area contributed by atoms with E-state index in [0.717, 1.165) is 23.9 Å². The van der Waals surface area contributed by atoms with E-state index in [-0.39, 0.29) is 29.6 Å². The van der Waals surface area contributed by atoms with E-state index in [1.165, 1.54) is 16.4 Å². The first-order valence-corrected chi connectivity index (χ1v) is 11.7. The highest BCUT2D eigenvalue weighted by Gasteiger charge is 2.33. The lowest BCUT2D eigenvalue weighted by atomic mass is 10.2. The van der Waals surface area contributed by atoms with E-state index in [4.69, 9.17) is 0 Å².